The van der Waals surface area contributed by atoms with E-state index in [1.807, 2.05) is 27.7 Å². The highest BCUT2D eigenvalue weighted by Gasteiger charge is 2.29. The van der Waals surface area contributed by atoms with Crippen LogP contribution in [0.4, 0.5) is 0 Å². The van der Waals surface area contributed by atoms with Crippen molar-refractivity contribution in [2.45, 2.75) is 43.9 Å². The third-order valence-corrected chi connectivity index (χ3v) is 5.12. The highest BCUT2D eigenvalue weighted by Crippen LogP contribution is 2.32. The van der Waals surface area contributed by atoms with Gasteiger partial charge in [0.1, 0.15) is 6.33 Å². The SMILES string of the molecule is CC(C)n1cnnc1SCC(=O)N1CCCC1c1ccccc1. The summed E-state index contributed by atoms with van der Waals surface area (Å²) in [6, 6.07) is 10.8. The minimum atomic E-state index is 0.180. The number of likely N-dealkylation sites (tertiary alicyclic amines) is 1. The van der Waals surface area contributed by atoms with Gasteiger partial charge in [0.2, 0.25) is 5.91 Å². The summed E-state index contributed by atoms with van der Waals surface area (Å²) in [6.45, 7) is 5.01. The van der Waals surface area contributed by atoms with E-state index in [4.69, 9.17) is 0 Å². The standard InChI is InChI=1S/C17H22N4OS/c1-13(2)21-12-18-19-17(21)23-11-16(22)20-10-6-9-15(20)14-7-4-3-5-8-14/h3-5,7-8,12-13,15H,6,9-11H2,1-2H3. The van der Waals surface area contributed by atoms with Crippen molar-refractivity contribution in [3.05, 3.63) is 42.2 Å². The van der Waals surface area contributed by atoms with Crippen LogP contribution in [0.5, 0.6) is 0 Å². The second kappa shape index (κ2) is 7.17. The Kier molecular flexibility index (Phi) is 5.00. The molecular weight excluding hydrogens is 308 g/mol. The fourth-order valence-electron chi connectivity index (χ4n) is 2.99. The maximum absolute atomic E-state index is 12.7. The van der Waals surface area contributed by atoms with Crippen LogP contribution in [-0.2, 0) is 4.79 Å². The van der Waals surface area contributed by atoms with Crippen LogP contribution in [0.15, 0.2) is 41.8 Å². The fraction of sp³-hybridized carbons (Fsp3) is 0.471. The van der Waals surface area contributed by atoms with Gasteiger partial charge in [-0.25, -0.2) is 0 Å². The molecule has 1 fully saturated rings. The summed E-state index contributed by atoms with van der Waals surface area (Å²) < 4.78 is 2.00. The first-order valence-corrected chi connectivity index (χ1v) is 9.02. The number of thioether (sulfide) groups is 1. The van der Waals surface area contributed by atoms with Gasteiger partial charge in [0.05, 0.1) is 11.8 Å². The molecule has 0 radical (unpaired) electrons. The van der Waals surface area contributed by atoms with Gasteiger partial charge in [0, 0.05) is 12.6 Å². The summed E-state index contributed by atoms with van der Waals surface area (Å²) in [4.78, 5) is 14.7. The van der Waals surface area contributed by atoms with E-state index >= 15 is 0 Å². The molecule has 0 aliphatic carbocycles. The molecule has 23 heavy (non-hydrogen) atoms. The first-order valence-electron chi connectivity index (χ1n) is 8.03. The highest BCUT2D eigenvalue weighted by molar-refractivity contribution is 7.99. The Bertz CT molecular complexity index is 656. The molecule has 1 aliphatic heterocycles. The second-order valence-electron chi connectivity index (χ2n) is 6.06. The molecule has 122 valence electrons. The second-order valence-corrected chi connectivity index (χ2v) is 7.00. The van der Waals surface area contributed by atoms with Crippen molar-refractivity contribution in [2.24, 2.45) is 0 Å². The van der Waals surface area contributed by atoms with Crippen LogP contribution in [-0.4, -0.2) is 37.9 Å². The average Bonchev–Trinajstić information content (AvgIpc) is 3.22. The predicted octanol–water partition coefficient (Wildman–Crippen LogP) is 3.31. The molecule has 3 rings (SSSR count). The first kappa shape index (κ1) is 16.1. The molecule has 0 saturated carbocycles. The Morgan fingerprint density at radius 3 is 2.87 bits per heavy atom. The Morgan fingerprint density at radius 1 is 1.35 bits per heavy atom. The van der Waals surface area contributed by atoms with E-state index in [1.54, 1.807) is 6.33 Å². The molecule has 0 N–H and O–H groups in total. The number of carbonyl (C=O) groups is 1. The number of hydrogen-bond acceptors (Lipinski definition) is 4. The van der Waals surface area contributed by atoms with Gasteiger partial charge in [-0.05, 0) is 32.3 Å². The number of hydrogen-bond donors (Lipinski definition) is 0. The van der Waals surface area contributed by atoms with E-state index in [0.29, 0.717) is 11.8 Å². The average molecular weight is 330 g/mol. The smallest absolute Gasteiger partial charge is 0.233 e. The molecule has 2 aromatic rings. The molecule has 1 saturated heterocycles. The summed E-state index contributed by atoms with van der Waals surface area (Å²) in [7, 11) is 0. The van der Waals surface area contributed by atoms with Crippen molar-refractivity contribution in [1.82, 2.24) is 19.7 Å². The van der Waals surface area contributed by atoms with Gasteiger partial charge in [-0.1, -0.05) is 42.1 Å². The Hall–Kier alpha value is -1.82. The zero-order chi connectivity index (χ0) is 16.2. The van der Waals surface area contributed by atoms with Crippen molar-refractivity contribution in [3.63, 3.8) is 0 Å². The Labute approximate surface area is 141 Å². The number of carbonyl (C=O) groups excluding carboxylic acids is 1. The molecule has 1 amide bonds. The number of aromatic nitrogens is 3. The van der Waals surface area contributed by atoms with Crippen molar-refractivity contribution < 1.29 is 4.79 Å². The number of amides is 1. The third kappa shape index (κ3) is 3.58. The van der Waals surface area contributed by atoms with Crippen LogP contribution >= 0.6 is 11.8 Å². The molecule has 1 unspecified atom stereocenters. The van der Waals surface area contributed by atoms with Crippen LogP contribution in [0.2, 0.25) is 0 Å². The van der Waals surface area contributed by atoms with E-state index in [-0.39, 0.29) is 11.9 Å². The lowest BCUT2D eigenvalue weighted by molar-refractivity contribution is -0.129. The van der Waals surface area contributed by atoms with Crippen molar-refractivity contribution in [1.29, 1.82) is 0 Å². The highest BCUT2D eigenvalue weighted by atomic mass is 32.2. The lowest BCUT2D eigenvalue weighted by Gasteiger charge is -2.25. The lowest BCUT2D eigenvalue weighted by atomic mass is 10.0. The molecule has 0 bridgehead atoms. The monoisotopic (exact) mass is 330 g/mol. The normalized spacial score (nSPS) is 17.9. The predicted molar refractivity (Wildman–Crippen MR) is 91.3 cm³/mol. The fourth-order valence-corrected chi connectivity index (χ4v) is 3.92. The zero-order valence-electron chi connectivity index (χ0n) is 13.6. The summed E-state index contributed by atoms with van der Waals surface area (Å²) in [5.74, 6) is 0.592. The molecule has 0 spiro atoms. The minimum Gasteiger partial charge on any atom is -0.335 e. The largest absolute Gasteiger partial charge is 0.335 e. The minimum absolute atomic E-state index is 0.180. The summed E-state index contributed by atoms with van der Waals surface area (Å²) >= 11 is 1.47. The van der Waals surface area contributed by atoms with Crippen LogP contribution in [0.25, 0.3) is 0 Å². The van der Waals surface area contributed by atoms with E-state index in [2.05, 4.69) is 36.2 Å². The number of benzene rings is 1. The number of rotatable bonds is 5. The molecular formula is C17H22N4OS. The van der Waals surface area contributed by atoms with Crippen molar-refractivity contribution in [3.8, 4) is 0 Å². The molecule has 1 atom stereocenters. The molecule has 1 aliphatic rings. The molecule has 6 heteroatoms. The maximum atomic E-state index is 12.7. The van der Waals surface area contributed by atoms with Crippen LogP contribution in [0.1, 0.15) is 44.3 Å². The van der Waals surface area contributed by atoms with Crippen LogP contribution in [0.3, 0.4) is 0 Å². The summed E-state index contributed by atoms with van der Waals surface area (Å²) in [6.07, 6.45) is 3.83. The van der Waals surface area contributed by atoms with E-state index in [1.165, 1.54) is 17.3 Å². The zero-order valence-corrected chi connectivity index (χ0v) is 14.4. The van der Waals surface area contributed by atoms with Crippen LogP contribution < -0.4 is 0 Å². The van der Waals surface area contributed by atoms with Gasteiger partial charge in [0.15, 0.2) is 5.16 Å². The quantitative estimate of drug-likeness (QED) is 0.789. The van der Waals surface area contributed by atoms with Gasteiger partial charge in [0.25, 0.3) is 0 Å². The van der Waals surface area contributed by atoms with Gasteiger partial charge in [-0.2, -0.15) is 0 Å². The van der Waals surface area contributed by atoms with Gasteiger partial charge >= 0.3 is 0 Å². The summed E-state index contributed by atoms with van der Waals surface area (Å²) in [5.41, 5.74) is 1.23. The molecule has 2 heterocycles. The Balaban J connectivity index is 1.65. The van der Waals surface area contributed by atoms with Crippen LogP contribution in [0, 0.1) is 0 Å². The third-order valence-electron chi connectivity index (χ3n) is 4.18. The molecule has 1 aromatic carbocycles. The summed E-state index contributed by atoms with van der Waals surface area (Å²) in [5, 5.41) is 8.88. The van der Waals surface area contributed by atoms with Gasteiger partial charge in [-0.3, -0.25) is 4.79 Å². The maximum Gasteiger partial charge on any atom is 0.233 e. The van der Waals surface area contributed by atoms with E-state index in [9.17, 15) is 4.79 Å². The number of nitrogens with zero attached hydrogens (tertiary/aromatic N) is 4. The Morgan fingerprint density at radius 2 is 2.13 bits per heavy atom. The molecule has 5 nitrogen and oxygen atoms in total. The van der Waals surface area contributed by atoms with E-state index in [0.717, 1.165) is 24.5 Å². The first-order chi connectivity index (χ1) is 11.2. The van der Waals surface area contributed by atoms with Gasteiger partial charge in [-0.15, -0.1) is 10.2 Å². The van der Waals surface area contributed by atoms with E-state index < -0.39 is 0 Å². The van der Waals surface area contributed by atoms with Crippen molar-refractivity contribution in [2.75, 3.05) is 12.3 Å². The topological polar surface area (TPSA) is 51.0 Å². The molecule has 1 aromatic heterocycles. The van der Waals surface area contributed by atoms with Crippen molar-refractivity contribution >= 4 is 17.7 Å². The van der Waals surface area contributed by atoms with Gasteiger partial charge < -0.3 is 9.47 Å². The lowest BCUT2D eigenvalue weighted by Crippen LogP contribution is -2.32.